The highest BCUT2D eigenvalue weighted by Crippen LogP contribution is 2.40. The van der Waals surface area contributed by atoms with Gasteiger partial charge in [0.1, 0.15) is 11.5 Å². The van der Waals surface area contributed by atoms with Crippen LogP contribution in [0.2, 0.25) is 0 Å². The fourth-order valence-corrected chi connectivity index (χ4v) is 4.73. The van der Waals surface area contributed by atoms with E-state index in [4.69, 9.17) is 4.74 Å². The first-order valence-electron chi connectivity index (χ1n) is 11.8. The van der Waals surface area contributed by atoms with Crippen molar-refractivity contribution in [3.05, 3.63) is 63.7 Å². The van der Waals surface area contributed by atoms with Crippen molar-refractivity contribution >= 4 is 23.4 Å². The van der Waals surface area contributed by atoms with Gasteiger partial charge in [0.25, 0.3) is 5.91 Å². The molecule has 2 heterocycles. The number of H-pyrrole nitrogens is 1. The molecule has 1 aromatic carbocycles. The van der Waals surface area contributed by atoms with Crippen molar-refractivity contribution in [1.82, 2.24) is 9.88 Å². The normalized spacial score (nSPS) is 17.5. The Bertz CT molecular complexity index is 1150. The highest BCUT2D eigenvalue weighted by molar-refractivity contribution is 6.46. The predicted molar refractivity (Wildman–Crippen MR) is 126 cm³/mol. The number of ketones is 1. The zero-order chi connectivity index (χ0) is 25.9. The maximum atomic E-state index is 13.8. The monoisotopic (exact) mass is 485 g/mol. The Morgan fingerprint density at radius 2 is 1.80 bits per heavy atom. The number of carbonyl (C=O) groups excluding carboxylic acids is 3. The molecule has 1 aliphatic heterocycles. The van der Waals surface area contributed by atoms with Gasteiger partial charge in [0.05, 0.1) is 32.8 Å². The van der Waals surface area contributed by atoms with Crippen LogP contribution in [0.3, 0.4) is 0 Å². The number of esters is 1. The minimum atomic E-state index is -0.940. The molecule has 2 N–H and O–H groups in total. The molecule has 1 saturated heterocycles. The van der Waals surface area contributed by atoms with Gasteiger partial charge >= 0.3 is 5.97 Å². The van der Waals surface area contributed by atoms with E-state index >= 15 is 0 Å². The first-order chi connectivity index (χ1) is 16.7. The highest BCUT2D eigenvalue weighted by Gasteiger charge is 2.44. The van der Waals surface area contributed by atoms with Crippen molar-refractivity contribution in [2.75, 3.05) is 33.3 Å². The Morgan fingerprint density at radius 3 is 2.37 bits per heavy atom. The quantitative estimate of drug-likeness (QED) is 0.239. The summed E-state index contributed by atoms with van der Waals surface area (Å²) in [7, 11) is 1.23. The fraction of sp³-hybridized carbons (Fsp3) is 0.423. The molecule has 35 heavy (non-hydrogen) atoms. The van der Waals surface area contributed by atoms with Crippen LogP contribution < -0.4 is 10.0 Å². The fourth-order valence-electron chi connectivity index (χ4n) is 4.73. The van der Waals surface area contributed by atoms with E-state index in [1.54, 1.807) is 13.8 Å². The number of quaternary nitrogens is 1. The summed E-state index contributed by atoms with van der Waals surface area (Å²) in [6, 6.07) is 4.51. The van der Waals surface area contributed by atoms with Crippen molar-refractivity contribution in [3.63, 3.8) is 0 Å². The number of ether oxygens (including phenoxy) is 1. The van der Waals surface area contributed by atoms with Crippen molar-refractivity contribution in [2.45, 2.75) is 40.2 Å². The van der Waals surface area contributed by atoms with Gasteiger partial charge in [-0.15, -0.1) is 0 Å². The Hall–Kier alpha value is -3.46. The standard InChI is InChI=1S/C26H32FN3O5/c1-6-29(7-2)13-8-14-30-22(17-9-11-18(27)12-10-17)20(24(32)25(30)33)23(31)19-15(3)21(26(34)35-5)28-16(19)4/h9-12,22,28,31H,6-8,13-14H2,1-5H3/b23-20+. The number of benzene rings is 1. The number of hydrogen-bond acceptors (Lipinski definition) is 5. The predicted octanol–water partition coefficient (Wildman–Crippen LogP) is 1.10. The molecule has 3 rings (SSSR count). The van der Waals surface area contributed by atoms with Gasteiger partial charge in [0, 0.05) is 24.2 Å². The third kappa shape index (κ3) is 5.00. The van der Waals surface area contributed by atoms with Crippen LogP contribution in [0.25, 0.3) is 5.76 Å². The van der Waals surface area contributed by atoms with Crippen molar-refractivity contribution < 1.29 is 33.5 Å². The van der Waals surface area contributed by atoms with E-state index in [-0.39, 0.29) is 23.4 Å². The summed E-state index contributed by atoms with van der Waals surface area (Å²) >= 11 is 0. The lowest BCUT2D eigenvalue weighted by atomic mass is 9.94. The lowest BCUT2D eigenvalue weighted by molar-refractivity contribution is -0.896. The zero-order valence-electron chi connectivity index (χ0n) is 20.8. The number of nitrogens with one attached hydrogen (secondary N) is 2. The second-order valence-corrected chi connectivity index (χ2v) is 8.70. The molecular weight excluding hydrogens is 453 g/mol. The highest BCUT2D eigenvalue weighted by atomic mass is 19.1. The summed E-state index contributed by atoms with van der Waals surface area (Å²) in [5, 5.41) is 13.8. The molecule has 0 radical (unpaired) electrons. The van der Waals surface area contributed by atoms with Crippen molar-refractivity contribution in [3.8, 4) is 0 Å². The molecule has 1 aromatic heterocycles. The lowest BCUT2D eigenvalue weighted by Crippen LogP contribution is -3.11. The van der Waals surface area contributed by atoms with Crippen LogP contribution >= 0.6 is 0 Å². The third-order valence-electron chi connectivity index (χ3n) is 6.70. The van der Waals surface area contributed by atoms with Crippen LogP contribution in [0.1, 0.15) is 59.2 Å². The minimum absolute atomic E-state index is 0.114. The number of amides is 1. The first kappa shape index (κ1) is 26.2. The van der Waals surface area contributed by atoms with E-state index in [9.17, 15) is 23.9 Å². The summed E-state index contributed by atoms with van der Waals surface area (Å²) in [6.07, 6.45) is 0.643. The summed E-state index contributed by atoms with van der Waals surface area (Å²) < 4.78 is 18.4. The van der Waals surface area contributed by atoms with Gasteiger partial charge < -0.3 is 24.6 Å². The summed E-state index contributed by atoms with van der Waals surface area (Å²) in [5.74, 6) is -3.36. The van der Waals surface area contributed by atoms with E-state index in [1.165, 1.54) is 41.2 Å². The zero-order valence-corrected chi connectivity index (χ0v) is 20.8. The molecule has 1 amide bonds. The van der Waals surface area contributed by atoms with Crippen LogP contribution in [0.4, 0.5) is 4.39 Å². The van der Waals surface area contributed by atoms with Gasteiger partial charge in [-0.3, -0.25) is 9.59 Å². The van der Waals surface area contributed by atoms with Gasteiger partial charge in [0.15, 0.2) is 0 Å². The molecule has 0 bridgehead atoms. The number of methoxy groups -OCH3 is 1. The summed E-state index contributed by atoms with van der Waals surface area (Å²) in [4.78, 5) is 44.0. The topological polar surface area (TPSA) is 107 Å². The van der Waals surface area contributed by atoms with Crippen molar-refractivity contribution in [1.29, 1.82) is 0 Å². The SMILES string of the molecule is CC[NH+](CC)CCCN1C(=O)C(=O)/C(=C(/[O-])c2c(C)[nH]c(C(=O)OC)c2C)C1c1ccc(F)cc1. The number of aromatic amines is 1. The molecule has 1 fully saturated rings. The Kier molecular flexibility index (Phi) is 8.11. The molecular formula is C26H32FN3O5. The lowest BCUT2D eigenvalue weighted by Gasteiger charge is -2.28. The van der Waals surface area contributed by atoms with Gasteiger partial charge in [-0.05, 0) is 56.5 Å². The average molecular weight is 486 g/mol. The largest absolute Gasteiger partial charge is 0.872 e. The molecule has 2 aromatic rings. The molecule has 1 atom stereocenters. The Labute approximate surface area is 204 Å². The van der Waals surface area contributed by atoms with Crippen LogP contribution in [0.15, 0.2) is 29.8 Å². The van der Waals surface area contributed by atoms with Gasteiger partial charge in [0.2, 0.25) is 5.78 Å². The van der Waals surface area contributed by atoms with E-state index < -0.39 is 35.3 Å². The molecule has 9 heteroatoms. The number of aromatic nitrogens is 1. The molecule has 0 saturated carbocycles. The van der Waals surface area contributed by atoms with Gasteiger partial charge in [-0.1, -0.05) is 17.9 Å². The van der Waals surface area contributed by atoms with E-state index in [0.717, 1.165) is 19.6 Å². The molecule has 188 valence electrons. The number of hydrogen-bond donors (Lipinski definition) is 2. The maximum Gasteiger partial charge on any atom is 0.354 e. The van der Waals surface area contributed by atoms with Crippen molar-refractivity contribution in [2.24, 2.45) is 0 Å². The molecule has 1 unspecified atom stereocenters. The molecule has 0 spiro atoms. The number of halogens is 1. The minimum Gasteiger partial charge on any atom is -0.872 e. The molecule has 0 aliphatic carbocycles. The van der Waals surface area contributed by atoms with Gasteiger partial charge in [-0.25, -0.2) is 9.18 Å². The molecule has 1 aliphatic rings. The second kappa shape index (κ2) is 10.9. The van der Waals surface area contributed by atoms with Crippen LogP contribution in [0.5, 0.6) is 0 Å². The maximum absolute atomic E-state index is 13.8. The Morgan fingerprint density at radius 1 is 1.17 bits per heavy atom. The summed E-state index contributed by atoms with van der Waals surface area (Å²) in [5.41, 5.74) is 1.28. The number of aryl methyl sites for hydroxylation is 1. The smallest absolute Gasteiger partial charge is 0.354 e. The average Bonchev–Trinajstić information content (AvgIpc) is 3.28. The number of Topliss-reactive ketones (excluding diaryl/α,β-unsaturated/α-hetero) is 1. The number of nitrogens with zero attached hydrogens (tertiary/aromatic N) is 1. The number of likely N-dealkylation sites (tertiary alicyclic amines) is 1. The second-order valence-electron chi connectivity index (χ2n) is 8.70. The van der Waals surface area contributed by atoms with Gasteiger partial charge in [-0.2, -0.15) is 0 Å². The Balaban J connectivity index is 2.11. The number of carbonyl (C=O) groups is 3. The molecule has 8 nitrogen and oxygen atoms in total. The summed E-state index contributed by atoms with van der Waals surface area (Å²) in [6.45, 7) is 10.3. The third-order valence-corrected chi connectivity index (χ3v) is 6.70. The van der Waals surface area contributed by atoms with Crippen LogP contribution in [-0.4, -0.2) is 60.8 Å². The number of rotatable bonds is 9. The van der Waals surface area contributed by atoms with E-state index in [2.05, 4.69) is 18.8 Å². The van der Waals surface area contributed by atoms with Crippen LogP contribution in [0, 0.1) is 19.7 Å². The van der Waals surface area contributed by atoms with Crippen LogP contribution in [-0.2, 0) is 14.3 Å². The first-order valence-corrected chi connectivity index (χ1v) is 11.8. The van der Waals surface area contributed by atoms with E-state index in [1.807, 2.05) is 0 Å². The van der Waals surface area contributed by atoms with E-state index in [0.29, 0.717) is 23.2 Å².